The highest BCUT2D eigenvalue weighted by atomic mass is 16.7. The van der Waals surface area contributed by atoms with Gasteiger partial charge in [-0.3, -0.25) is 0 Å². The molecule has 130 valence electrons. The molecular formula is C20H28N2O2. The van der Waals surface area contributed by atoms with Crippen molar-refractivity contribution in [2.45, 2.75) is 52.9 Å². The number of hydrogen-bond acceptors (Lipinski definition) is 3. The summed E-state index contributed by atoms with van der Waals surface area (Å²) in [7, 11) is 0. The summed E-state index contributed by atoms with van der Waals surface area (Å²) in [5.74, 6) is -0.576. The number of ether oxygens (including phenoxy) is 2. The molecular weight excluding hydrogens is 300 g/mol. The summed E-state index contributed by atoms with van der Waals surface area (Å²) in [6.07, 6.45) is 7.36. The van der Waals surface area contributed by atoms with Gasteiger partial charge in [0.1, 0.15) is 0 Å². The van der Waals surface area contributed by atoms with Gasteiger partial charge in [0.25, 0.3) is 0 Å². The lowest BCUT2D eigenvalue weighted by Gasteiger charge is -2.43. The van der Waals surface area contributed by atoms with Crippen LogP contribution in [0.1, 0.15) is 37.0 Å². The van der Waals surface area contributed by atoms with E-state index in [0.717, 1.165) is 12.8 Å². The molecule has 0 N–H and O–H groups in total. The number of aromatic nitrogens is 2. The predicted molar refractivity (Wildman–Crippen MR) is 94.9 cm³/mol. The second-order valence-corrected chi connectivity index (χ2v) is 7.88. The van der Waals surface area contributed by atoms with Crippen molar-refractivity contribution in [2.75, 3.05) is 13.2 Å². The van der Waals surface area contributed by atoms with E-state index in [-0.39, 0.29) is 5.41 Å². The van der Waals surface area contributed by atoms with Crippen molar-refractivity contribution in [3.63, 3.8) is 0 Å². The van der Waals surface area contributed by atoms with E-state index in [9.17, 15) is 0 Å². The van der Waals surface area contributed by atoms with Crippen LogP contribution in [0.15, 0.2) is 36.9 Å². The van der Waals surface area contributed by atoms with E-state index in [1.807, 2.05) is 17.1 Å². The molecule has 2 heterocycles. The van der Waals surface area contributed by atoms with E-state index in [1.165, 1.54) is 16.7 Å². The van der Waals surface area contributed by atoms with Crippen molar-refractivity contribution < 1.29 is 9.47 Å². The summed E-state index contributed by atoms with van der Waals surface area (Å²) in [4.78, 5) is 4.14. The molecule has 1 aliphatic heterocycles. The van der Waals surface area contributed by atoms with Crippen molar-refractivity contribution >= 4 is 0 Å². The standard InChI is InChI=1S/C20H28N2O2/c1-16-9-17(2)11-18(10-16)5-6-20(12-22-8-7-21-15-22)23-13-19(3,4)14-24-20/h7-11,15H,5-6,12-14H2,1-4H3. The minimum absolute atomic E-state index is 0.0678. The molecule has 0 amide bonds. The topological polar surface area (TPSA) is 36.3 Å². The van der Waals surface area contributed by atoms with E-state index >= 15 is 0 Å². The van der Waals surface area contributed by atoms with E-state index in [1.54, 1.807) is 6.20 Å². The zero-order chi connectivity index (χ0) is 17.2. The maximum absolute atomic E-state index is 6.27. The van der Waals surface area contributed by atoms with Gasteiger partial charge in [0, 0.05) is 24.2 Å². The quantitative estimate of drug-likeness (QED) is 0.835. The summed E-state index contributed by atoms with van der Waals surface area (Å²) >= 11 is 0. The highest BCUT2D eigenvalue weighted by Gasteiger charge is 2.40. The molecule has 24 heavy (non-hydrogen) atoms. The second-order valence-electron chi connectivity index (χ2n) is 7.88. The van der Waals surface area contributed by atoms with Crippen molar-refractivity contribution in [3.8, 4) is 0 Å². The van der Waals surface area contributed by atoms with Gasteiger partial charge in [0.2, 0.25) is 0 Å². The fourth-order valence-electron chi connectivity index (χ4n) is 3.26. The molecule has 1 saturated heterocycles. The van der Waals surface area contributed by atoms with Crippen molar-refractivity contribution in [1.29, 1.82) is 0 Å². The number of nitrogens with zero attached hydrogens (tertiary/aromatic N) is 2. The fraction of sp³-hybridized carbons (Fsp3) is 0.550. The van der Waals surface area contributed by atoms with Crippen molar-refractivity contribution in [1.82, 2.24) is 9.55 Å². The van der Waals surface area contributed by atoms with E-state index < -0.39 is 5.79 Å². The first-order valence-electron chi connectivity index (χ1n) is 8.67. The Labute approximate surface area is 144 Å². The molecule has 0 aliphatic carbocycles. The number of hydrogen-bond donors (Lipinski definition) is 0. The maximum Gasteiger partial charge on any atom is 0.186 e. The van der Waals surface area contributed by atoms with Crippen molar-refractivity contribution in [3.05, 3.63) is 53.6 Å². The molecule has 1 fully saturated rings. The number of benzene rings is 1. The molecule has 0 radical (unpaired) electrons. The van der Waals surface area contributed by atoms with Gasteiger partial charge in [-0.25, -0.2) is 4.98 Å². The number of rotatable bonds is 5. The molecule has 4 heteroatoms. The Morgan fingerprint density at radius 1 is 1.08 bits per heavy atom. The molecule has 2 aromatic rings. The molecule has 4 nitrogen and oxygen atoms in total. The highest BCUT2D eigenvalue weighted by Crippen LogP contribution is 2.33. The van der Waals surface area contributed by atoms with Crippen LogP contribution in [0.2, 0.25) is 0 Å². The van der Waals surface area contributed by atoms with Crippen molar-refractivity contribution in [2.24, 2.45) is 5.41 Å². The molecule has 1 aromatic heterocycles. The summed E-state index contributed by atoms with van der Waals surface area (Å²) in [5, 5.41) is 0. The monoisotopic (exact) mass is 328 g/mol. The Hall–Kier alpha value is -1.65. The summed E-state index contributed by atoms with van der Waals surface area (Å²) < 4.78 is 14.6. The highest BCUT2D eigenvalue weighted by molar-refractivity contribution is 5.28. The lowest BCUT2D eigenvalue weighted by Crippen LogP contribution is -2.50. The molecule has 1 aromatic carbocycles. The van der Waals surface area contributed by atoms with Gasteiger partial charge in [-0.2, -0.15) is 0 Å². The first-order chi connectivity index (χ1) is 11.4. The Kier molecular flexibility index (Phi) is 4.79. The van der Waals surface area contributed by atoms with E-state index in [2.05, 4.69) is 50.9 Å². The lowest BCUT2D eigenvalue weighted by atomic mass is 9.93. The number of imidazole rings is 1. The first kappa shape index (κ1) is 17.2. The van der Waals surface area contributed by atoms with Crippen LogP contribution in [0.25, 0.3) is 0 Å². The first-order valence-corrected chi connectivity index (χ1v) is 8.67. The normalized spacial score (nSPS) is 19.3. The van der Waals surface area contributed by atoms with Crippen LogP contribution in [-0.4, -0.2) is 28.6 Å². The Morgan fingerprint density at radius 2 is 1.75 bits per heavy atom. The van der Waals surface area contributed by atoms with Crippen LogP contribution < -0.4 is 0 Å². The third kappa shape index (κ3) is 4.25. The molecule has 0 atom stereocenters. The minimum atomic E-state index is -0.576. The molecule has 0 spiro atoms. The third-order valence-corrected chi connectivity index (χ3v) is 4.51. The Balaban J connectivity index is 1.74. The minimum Gasteiger partial charge on any atom is -0.348 e. The number of aryl methyl sites for hydroxylation is 3. The van der Waals surface area contributed by atoms with Crippen LogP contribution in [0.3, 0.4) is 0 Å². The largest absolute Gasteiger partial charge is 0.348 e. The third-order valence-electron chi connectivity index (χ3n) is 4.51. The van der Waals surface area contributed by atoms with Gasteiger partial charge >= 0.3 is 0 Å². The molecule has 1 aliphatic rings. The lowest BCUT2D eigenvalue weighted by molar-refractivity contribution is -0.307. The predicted octanol–water partition coefficient (Wildman–Crippen LogP) is 3.90. The van der Waals surface area contributed by atoms with Crippen LogP contribution in [0, 0.1) is 19.3 Å². The fourth-order valence-corrected chi connectivity index (χ4v) is 3.26. The smallest absolute Gasteiger partial charge is 0.186 e. The maximum atomic E-state index is 6.27. The van der Waals surface area contributed by atoms with Gasteiger partial charge in [0.05, 0.1) is 26.1 Å². The summed E-state index contributed by atoms with van der Waals surface area (Å²) in [5.41, 5.74) is 4.02. The van der Waals surface area contributed by atoms with Gasteiger partial charge in [-0.05, 0) is 25.8 Å². The average molecular weight is 328 g/mol. The van der Waals surface area contributed by atoms with Gasteiger partial charge in [-0.15, -0.1) is 0 Å². The molecule has 0 bridgehead atoms. The SMILES string of the molecule is Cc1cc(C)cc(CCC2(Cn3ccnc3)OCC(C)(C)CO2)c1. The molecule has 3 rings (SSSR count). The zero-order valence-electron chi connectivity index (χ0n) is 15.2. The van der Waals surface area contributed by atoms with Crippen LogP contribution in [0.4, 0.5) is 0 Å². The zero-order valence-corrected chi connectivity index (χ0v) is 15.2. The van der Waals surface area contributed by atoms with E-state index in [0.29, 0.717) is 19.8 Å². The van der Waals surface area contributed by atoms with Gasteiger partial charge in [0.15, 0.2) is 5.79 Å². The van der Waals surface area contributed by atoms with Crippen LogP contribution in [0.5, 0.6) is 0 Å². The molecule has 0 saturated carbocycles. The van der Waals surface area contributed by atoms with Gasteiger partial charge < -0.3 is 14.0 Å². The Bertz CT molecular complexity index is 647. The summed E-state index contributed by atoms with van der Waals surface area (Å²) in [6.45, 7) is 10.8. The van der Waals surface area contributed by atoms with Gasteiger partial charge in [-0.1, -0.05) is 43.2 Å². The van der Waals surface area contributed by atoms with Crippen LogP contribution >= 0.6 is 0 Å². The second kappa shape index (κ2) is 6.69. The molecule has 0 unspecified atom stereocenters. The Morgan fingerprint density at radius 3 is 2.33 bits per heavy atom. The van der Waals surface area contributed by atoms with E-state index in [4.69, 9.17) is 9.47 Å². The summed E-state index contributed by atoms with van der Waals surface area (Å²) in [6, 6.07) is 6.72. The van der Waals surface area contributed by atoms with Crippen LogP contribution in [-0.2, 0) is 22.4 Å². The average Bonchev–Trinajstić information content (AvgIpc) is 3.00.